The molecule has 4 rings (SSSR count). The second-order valence-corrected chi connectivity index (χ2v) is 10.8. The summed E-state index contributed by atoms with van der Waals surface area (Å²) in [6.45, 7) is 5.42. The molecule has 0 N–H and O–H groups in total. The summed E-state index contributed by atoms with van der Waals surface area (Å²) in [5.74, 6) is 0.138. The van der Waals surface area contributed by atoms with Crippen LogP contribution in [-0.2, 0) is 21.2 Å². The van der Waals surface area contributed by atoms with Crippen molar-refractivity contribution in [1.29, 1.82) is 0 Å². The maximum Gasteiger partial charge on any atom is 0.243 e. The first kappa shape index (κ1) is 21.8. The molecule has 7 heteroatoms. The third-order valence-corrected chi connectivity index (χ3v) is 8.90. The molecule has 0 spiro atoms. The van der Waals surface area contributed by atoms with Gasteiger partial charge in [0.25, 0.3) is 0 Å². The first-order valence-electron chi connectivity index (χ1n) is 11.7. The maximum absolute atomic E-state index is 13.2. The number of carbonyl (C=O) groups excluding carboxylic acids is 1. The molecule has 0 atom stereocenters. The summed E-state index contributed by atoms with van der Waals surface area (Å²) in [5.41, 5.74) is 1.88. The quantitative estimate of drug-likeness (QED) is 0.690. The molecule has 1 saturated heterocycles. The first-order chi connectivity index (χ1) is 14.5. The smallest absolute Gasteiger partial charge is 0.243 e. The van der Waals surface area contributed by atoms with Gasteiger partial charge in [-0.15, -0.1) is 0 Å². The number of aryl methyl sites for hydroxylation is 1. The Morgan fingerprint density at radius 2 is 1.77 bits per heavy atom. The highest BCUT2D eigenvalue weighted by atomic mass is 32.2. The molecular weight excluding hydrogens is 398 g/mol. The van der Waals surface area contributed by atoms with Crippen molar-refractivity contribution < 1.29 is 13.2 Å². The van der Waals surface area contributed by atoms with Crippen LogP contribution in [0.3, 0.4) is 0 Å². The number of sulfonamides is 1. The van der Waals surface area contributed by atoms with E-state index in [1.807, 2.05) is 11.0 Å². The first-order valence-corrected chi connectivity index (χ1v) is 13.1. The van der Waals surface area contributed by atoms with E-state index in [1.54, 1.807) is 16.4 Å². The van der Waals surface area contributed by atoms with Crippen LogP contribution in [0.15, 0.2) is 23.1 Å². The zero-order valence-corrected chi connectivity index (χ0v) is 19.0. The van der Waals surface area contributed by atoms with Crippen molar-refractivity contribution in [3.63, 3.8) is 0 Å². The number of amides is 1. The minimum atomic E-state index is -3.43. The number of anilines is 1. The molecular formula is C23H35N3O3S. The molecule has 1 amide bonds. The summed E-state index contributed by atoms with van der Waals surface area (Å²) >= 11 is 0. The van der Waals surface area contributed by atoms with Crippen molar-refractivity contribution in [3.05, 3.63) is 23.8 Å². The Bertz CT molecular complexity index is 858. The number of hydrogen-bond donors (Lipinski definition) is 0. The molecule has 0 unspecified atom stereocenters. The highest BCUT2D eigenvalue weighted by Gasteiger charge is 2.31. The zero-order chi connectivity index (χ0) is 21.1. The van der Waals surface area contributed by atoms with Gasteiger partial charge in [-0.05, 0) is 68.8 Å². The fourth-order valence-corrected chi connectivity index (χ4v) is 6.84. The number of nitrogens with zero attached hydrogens (tertiary/aromatic N) is 3. The minimum absolute atomic E-state index is 0.138. The summed E-state index contributed by atoms with van der Waals surface area (Å²) in [4.78, 5) is 17.8. The average molecular weight is 434 g/mol. The summed E-state index contributed by atoms with van der Waals surface area (Å²) < 4.78 is 27.5. The molecule has 1 aliphatic carbocycles. The van der Waals surface area contributed by atoms with Gasteiger partial charge < -0.3 is 4.90 Å². The summed E-state index contributed by atoms with van der Waals surface area (Å²) in [6, 6.07) is 5.87. The van der Waals surface area contributed by atoms with Crippen molar-refractivity contribution in [2.45, 2.75) is 75.6 Å². The lowest BCUT2D eigenvalue weighted by Crippen LogP contribution is -2.46. The molecule has 2 aliphatic heterocycles. The highest BCUT2D eigenvalue weighted by molar-refractivity contribution is 7.89. The minimum Gasteiger partial charge on any atom is -0.311 e. The molecule has 3 aliphatic rings. The molecule has 30 heavy (non-hydrogen) atoms. The molecule has 1 aromatic carbocycles. The van der Waals surface area contributed by atoms with Crippen molar-refractivity contribution >= 4 is 21.6 Å². The van der Waals surface area contributed by atoms with E-state index in [2.05, 4.69) is 11.8 Å². The standard InChI is InChI=1S/C23H35N3O3S/c1-2-24(20-10-4-3-5-11-20)18-23(27)26-16-8-9-19-17-21(12-13-22(19)26)30(28,29)25-14-6-7-15-25/h12-13,17,20H,2-11,14-16,18H2,1H3. The van der Waals surface area contributed by atoms with Crippen LogP contribution in [0.2, 0.25) is 0 Å². The third kappa shape index (κ3) is 4.43. The molecule has 166 valence electrons. The number of benzene rings is 1. The van der Waals surface area contributed by atoms with Gasteiger partial charge in [0.15, 0.2) is 0 Å². The monoisotopic (exact) mass is 433 g/mol. The predicted octanol–water partition coefficient (Wildman–Crippen LogP) is 3.40. The second-order valence-electron chi connectivity index (χ2n) is 8.91. The van der Waals surface area contributed by atoms with Crippen LogP contribution in [0, 0.1) is 0 Å². The van der Waals surface area contributed by atoms with Gasteiger partial charge in [0.2, 0.25) is 15.9 Å². The summed E-state index contributed by atoms with van der Waals surface area (Å²) in [6.07, 6.45) is 9.77. The molecule has 1 saturated carbocycles. The largest absolute Gasteiger partial charge is 0.311 e. The molecule has 0 aromatic heterocycles. The molecule has 6 nitrogen and oxygen atoms in total. The van der Waals surface area contributed by atoms with E-state index in [1.165, 1.54) is 32.1 Å². The van der Waals surface area contributed by atoms with Gasteiger partial charge in [0.05, 0.1) is 11.4 Å². The Morgan fingerprint density at radius 3 is 2.47 bits per heavy atom. The van der Waals surface area contributed by atoms with Crippen molar-refractivity contribution in [2.24, 2.45) is 0 Å². The Hall–Kier alpha value is -1.44. The Labute approximate surface area is 181 Å². The average Bonchev–Trinajstić information content (AvgIpc) is 3.33. The van der Waals surface area contributed by atoms with Crippen LogP contribution in [0.25, 0.3) is 0 Å². The number of rotatable bonds is 6. The SMILES string of the molecule is CCN(CC(=O)N1CCCc2cc(S(=O)(=O)N3CCCC3)ccc21)C1CCCCC1. The normalized spacial score (nSPS) is 21.2. The van der Waals surface area contributed by atoms with E-state index in [0.717, 1.165) is 43.5 Å². The number of carbonyl (C=O) groups is 1. The fraction of sp³-hybridized carbons (Fsp3) is 0.696. The van der Waals surface area contributed by atoms with E-state index in [4.69, 9.17) is 0 Å². The van der Waals surface area contributed by atoms with E-state index in [0.29, 0.717) is 37.1 Å². The van der Waals surface area contributed by atoms with Crippen LogP contribution in [0.5, 0.6) is 0 Å². The highest BCUT2D eigenvalue weighted by Crippen LogP contribution is 2.32. The van der Waals surface area contributed by atoms with Gasteiger partial charge in [0, 0.05) is 31.4 Å². The Kier molecular flexibility index (Phi) is 6.80. The van der Waals surface area contributed by atoms with E-state index in [9.17, 15) is 13.2 Å². The van der Waals surface area contributed by atoms with Crippen LogP contribution in [0.4, 0.5) is 5.69 Å². The second kappa shape index (κ2) is 9.37. The van der Waals surface area contributed by atoms with Crippen LogP contribution < -0.4 is 4.90 Å². The number of hydrogen-bond acceptors (Lipinski definition) is 4. The predicted molar refractivity (Wildman–Crippen MR) is 119 cm³/mol. The van der Waals surface area contributed by atoms with E-state index < -0.39 is 10.0 Å². The molecule has 2 fully saturated rings. The molecule has 0 radical (unpaired) electrons. The number of likely N-dealkylation sites (N-methyl/N-ethyl adjacent to an activating group) is 1. The lowest BCUT2D eigenvalue weighted by Gasteiger charge is -2.36. The van der Waals surface area contributed by atoms with Gasteiger partial charge in [0.1, 0.15) is 0 Å². The van der Waals surface area contributed by atoms with Crippen LogP contribution >= 0.6 is 0 Å². The lowest BCUT2D eigenvalue weighted by molar-refractivity contribution is -0.120. The van der Waals surface area contributed by atoms with Gasteiger partial charge in [-0.2, -0.15) is 4.31 Å². The van der Waals surface area contributed by atoms with Crippen molar-refractivity contribution in [2.75, 3.05) is 37.6 Å². The zero-order valence-electron chi connectivity index (χ0n) is 18.2. The Balaban J connectivity index is 1.51. The lowest BCUT2D eigenvalue weighted by atomic mass is 9.94. The summed E-state index contributed by atoms with van der Waals surface area (Å²) in [7, 11) is -3.43. The van der Waals surface area contributed by atoms with Gasteiger partial charge in [-0.1, -0.05) is 26.2 Å². The van der Waals surface area contributed by atoms with Gasteiger partial charge in [-0.3, -0.25) is 9.69 Å². The fourth-order valence-electron chi connectivity index (χ4n) is 5.27. The van der Waals surface area contributed by atoms with Crippen LogP contribution in [0.1, 0.15) is 63.9 Å². The Morgan fingerprint density at radius 1 is 1.03 bits per heavy atom. The van der Waals surface area contributed by atoms with E-state index >= 15 is 0 Å². The summed E-state index contributed by atoms with van der Waals surface area (Å²) in [5, 5.41) is 0. The molecule has 1 aromatic rings. The third-order valence-electron chi connectivity index (χ3n) is 7.01. The van der Waals surface area contributed by atoms with Crippen LogP contribution in [-0.4, -0.2) is 62.3 Å². The van der Waals surface area contributed by atoms with Crippen molar-refractivity contribution in [1.82, 2.24) is 9.21 Å². The van der Waals surface area contributed by atoms with Gasteiger partial charge >= 0.3 is 0 Å². The maximum atomic E-state index is 13.2. The topological polar surface area (TPSA) is 60.9 Å². The van der Waals surface area contributed by atoms with Crippen molar-refractivity contribution in [3.8, 4) is 0 Å². The van der Waals surface area contributed by atoms with Gasteiger partial charge in [-0.25, -0.2) is 8.42 Å². The van der Waals surface area contributed by atoms with E-state index in [-0.39, 0.29) is 5.91 Å². The molecule has 0 bridgehead atoms. The number of fused-ring (bicyclic) bond motifs is 1. The molecule has 2 heterocycles.